The van der Waals surface area contributed by atoms with Crippen molar-refractivity contribution in [1.29, 1.82) is 0 Å². The van der Waals surface area contributed by atoms with Crippen LogP contribution in [0.1, 0.15) is 101 Å². The zero-order valence-corrected chi connectivity index (χ0v) is 79.0. The maximum atomic E-state index is 12.4. The number of rotatable bonds is 9. The molecule has 21 aromatic rings. The summed E-state index contributed by atoms with van der Waals surface area (Å²) in [6.45, 7) is 7.59. The number of phenols is 4. The number of carbonyl (C=O) groups excluding carboxylic acids is 3. The third kappa shape index (κ3) is 22.4. The summed E-state index contributed by atoms with van der Waals surface area (Å²) < 4.78 is 9.11. The predicted octanol–water partition coefficient (Wildman–Crippen LogP) is 26.9. The lowest BCUT2D eigenvalue weighted by Gasteiger charge is -2.08. The van der Waals surface area contributed by atoms with Crippen LogP contribution in [0.5, 0.6) is 23.0 Å². The Morgan fingerprint density at radius 2 is 0.555 bits per heavy atom. The molecular weight excluding hydrogens is 1890 g/mol. The van der Waals surface area contributed by atoms with Crippen LogP contribution in [0.15, 0.2) is 364 Å². The molecule has 0 saturated carbocycles. The molecule has 0 radical (unpaired) electrons. The van der Waals surface area contributed by atoms with Crippen molar-refractivity contribution in [3.63, 3.8) is 0 Å². The molecule has 16 aromatic carbocycles. The van der Waals surface area contributed by atoms with Gasteiger partial charge in [0.2, 0.25) is 0 Å². The Morgan fingerprint density at radius 1 is 0.241 bits per heavy atom. The largest absolute Gasteiger partial charge is 0.508 e. The molecule has 0 saturated heterocycles. The van der Waals surface area contributed by atoms with E-state index in [9.17, 15) is 73.2 Å². The molecule has 21 rings (SSSR count). The quantitative estimate of drug-likeness (QED) is 0.0521. The number of benzene rings is 16. The van der Waals surface area contributed by atoms with E-state index in [4.69, 9.17) is 50.1 Å². The lowest BCUT2D eigenvalue weighted by Crippen LogP contribution is -2.09. The van der Waals surface area contributed by atoms with Crippen molar-refractivity contribution in [2.24, 2.45) is 0 Å². The molecule has 5 heterocycles. The number of fused-ring (bicyclic) bond motifs is 10. The number of aromatic hydroxyl groups is 4. The summed E-state index contributed by atoms with van der Waals surface area (Å²) in [5, 5.41) is 74.4. The zero-order chi connectivity index (χ0) is 97.6. The SMILES string of the molecule is Cc1c(O)cc2c(=O)c3ccccc3sc2c1C.Cc1cc(O)c2sc3ccccc3c(=O)c2c1.Cc1ccc(O)c2sc3ccccc3c(=O)c12.O=C(O)c1ccc(C(=O)c2ccc(Cl)cc2)cc1.O=C(O)c1ccccc1C(=O)c1ccc(Cl)cc1.O=C(O)c1ccccc1C(=O)c1ccc(Cl)cc1.O=c1c2ccccc2sc2ccc(O)cc12.O=c1c2ccccc2sc2ccccc12. The second kappa shape index (κ2) is 43.6. The van der Waals surface area contributed by atoms with Crippen LogP contribution in [-0.2, 0) is 0 Å². The molecule has 5 aromatic heterocycles. The van der Waals surface area contributed by atoms with Gasteiger partial charge in [0, 0.05) is 140 Å². The molecule has 0 aliphatic rings. The molecule has 0 unspecified atom stereocenters. The van der Waals surface area contributed by atoms with Gasteiger partial charge in [0.1, 0.15) is 23.0 Å². The fourth-order valence-corrected chi connectivity index (χ4v) is 20.5. The van der Waals surface area contributed by atoms with E-state index in [1.54, 1.807) is 167 Å². The minimum absolute atomic E-state index is 0.00208. The van der Waals surface area contributed by atoms with Crippen molar-refractivity contribution in [2.75, 3.05) is 0 Å². The maximum Gasteiger partial charge on any atom is 0.336 e. The van der Waals surface area contributed by atoms with E-state index in [0.29, 0.717) is 73.7 Å². The van der Waals surface area contributed by atoms with E-state index in [1.807, 2.05) is 179 Å². The molecule has 26 heteroatoms. The number of aryl methyl sites for hydroxylation is 3. The van der Waals surface area contributed by atoms with Gasteiger partial charge >= 0.3 is 17.9 Å². The summed E-state index contributed by atoms with van der Waals surface area (Å²) in [6.07, 6.45) is 0. The highest BCUT2D eigenvalue weighted by Gasteiger charge is 2.22. The van der Waals surface area contributed by atoms with Crippen LogP contribution in [0, 0.1) is 27.7 Å². The summed E-state index contributed by atoms with van der Waals surface area (Å²) in [5.41, 5.74) is 6.03. The Labute approximate surface area is 814 Å². The van der Waals surface area contributed by atoms with Crippen molar-refractivity contribution in [3.05, 3.63) is 478 Å². The second-order valence-corrected chi connectivity index (χ2v) is 37.3. The van der Waals surface area contributed by atoms with Gasteiger partial charge in [-0.15, -0.1) is 56.7 Å². The van der Waals surface area contributed by atoms with Crippen LogP contribution < -0.4 is 27.1 Å². The topological polar surface area (TPSA) is 329 Å². The Bertz CT molecular complexity index is 8490. The molecule has 678 valence electrons. The smallest absolute Gasteiger partial charge is 0.336 e. The summed E-state index contributed by atoms with van der Waals surface area (Å²) in [7, 11) is 0. The van der Waals surface area contributed by atoms with Gasteiger partial charge in [0.05, 0.1) is 26.1 Å². The molecule has 0 spiro atoms. The molecule has 137 heavy (non-hydrogen) atoms. The van der Waals surface area contributed by atoms with Crippen molar-refractivity contribution in [2.45, 2.75) is 27.7 Å². The van der Waals surface area contributed by atoms with Gasteiger partial charge in [-0.2, -0.15) is 0 Å². The number of hydrogen-bond donors (Lipinski definition) is 7. The minimum Gasteiger partial charge on any atom is -0.508 e. The van der Waals surface area contributed by atoms with Gasteiger partial charge < -0.3 is 35.7 Å². The van der Waals surface area contributed by atoms with Crippen LogP contribution in [0.25, 0.3) is 101 Å². The normalized spacial score (nSPS) is 10.7. The zero-order valence-electron chi connectivity index (χ0n) is 72.6. The van der Waals surface area contributed by atoms with Crippen molar-refractivity contribution in [3.8, 4) is 23.0 Å². The number of carboxylic acids is 3. The number of ketones is 3. The molecule has 0 aliphatic carbocycles. The van der Waals surface area contributed by atoms with Crippen LogP contribution in [0.2, 0.25) is 15.1 Å². The first-order valence-electron chi connectivity index (χ1n) is 41.7. The maximum absolute atomic E-state index is 12.4. The Balaban J connectivity index is 0.000000125. The van der Waals surface area contributed by atoms with Gasteiger partial charge in [0.15, 0.2) is 44.5 Å². The summed E-state index contributed by atoms with van der Waals surface area (Å²) in [4.78, 5) is 130. The van der Waals surface area contributed by atoms with Crippen molar-refractivity contribution >= 4 is 228 Å². The average molecular weight is 1960 g/mol. The van der Waals surface area contributed by atoms with Gasteiger partial charge in [-0.3, -0.25) is 38.4 Å². The highest BCUT2D eigenvalue weighted by molar-refractivity contribution is 7.26. The van der Waals surface area contributed by atoms with E-state index in [0.717, 1.165) is 86.8 Å². The fraction of sp³-hybridized carbons (Fsp3) is 0.0360. The van der Waals surface area contributed by atoms with E-state index < -0.39 is 17.9 Å². The van der Waals surface area contributed by atoms with Gasteiger partial charge in [-0.05, 0) is 262 Å². The number of carboxylic acid groups (broad SMARTS) is 3. The number of carbonyl (C=O) groups is 6. The lowest BCUT2D eigenvalue weighted by atomic mass is 9.98. The number of phenolic OH excluding ortho intramolecular Hbond substituents is 4. The Kier molecular flexibility index (Phi) is 31.1. The highest BCUT2D eigenvalue weighted by Crippen LogP contribution is 2.37. The minimum atomic E-state index is -1.12. The first-order chi connectivity index (χ1) is 65.8. The molecule has 18 nitrogen and oxygen atoms in total. The number of aromatic carboxylic acids is 3. The van der Waals surface area contributed by atoms with Crippen LogP contribution >= 0.6 is 91.5 Å². The van der Waals surface area contributed by atoms with Gasteiger partial charge in [0.25, 0.3) is 0 Å². The van der Waals surface area contributed by atoms with Crippen LogP contribution in [0.4, 0.5) is 0 Å². The molecule has 0 amide bonds. The fourth-order valence-electron chi connectivity index (χ4n) is 14.6. The Morgan fingerprint density at radius 3 is 0.956 bits per heavy atom. The molecule has 0 bridgehead atoms. The Hall–Kier alpha value is -15.5. The van der Waals surface area contributed by atoms with Crippen LogP contribution in [0.3, 0.4) is 0 Å². The standard InChI is InChI=1S/C15H12O2S.3C14H9ClO3.2C14H10O2S.C13H8O2S.C13H8OS/c1-8-9(2)15-11(7-12(8)16)14(17)10-5-3-4-6-13(10)18-15;15-12-7-5-10(6-8-12)13(16)9-1-3-11(4-2-9)14(17)18;2*15-10-7-5-9(6-8-10)13(16)11-3-1-2-4-12(11)14(17)18;1-8-6-10-13(16)9-4-2-3-5-12(9)17-14(10)11(15)7-8;1-8-6-7-10(15)14-12(8)13(16)9-4-2-3-5-11(9)17-14;14-8-5-6-12-10(7-8)13(15)9-3-1-2-4-11(9)16-12;14-13-9-5-1-3-7-11(9)15-12-8-4-2-6-10(12)13/h3-7,16H,1-2H3;3*1-8H,(H,17,18);2*2-7,15H,1H3;1-7,14H;1-8H. The molecule has 0 aliphatic heterocycles. The second-order valence-electron chi connectivity index (χ2n) is 30.7. The third-order valence-corrected chi connectivity index (χ3v) is 28.4. The van der Waals surface area contributed by atoms with E-state index >= 15 is 0 Å². The third-order valence-electron chi connectivity index (χ3n) is 21.7. The average Bonchev–Trinajstić information content (AvgIpc) is 0.674. The summed E-state index contributed by atoms with van der Waals surface area (Å²) >= 11 is 25.0. The number of halogens is 3. The molecule has 0 atom stereocenters. The lowest BCUT2D eigenvalue weighted by molar-refractivity contribution is 0.0683. The first kappa shape index (κ1) is 97.5. The van der Waals surface area contributed by atoms with E-state index in [1.165, 1.54) is 77.3 Å². The highest BCUT2D eigenvalue weighted by atomic mass is 35.5. The van der Waals surface area contributed by atoms with E-state index in [-0.39, 0.29) is 95.3 Å². The molecule has 7 N–H and O–H groups in total. The van der Waals surface area contributed by atoms with Gasteiger partial charge in [-0.25, -0.2) is 14.4 Å². The number of hydrogen-bond acceptors (Lipinski definition) is 20. The monoisotopic (exact) mass is 1960 g/mol. The molecular formula is C111H75Cl3O18S5. The summed E-state index contributed by atoms with van der Waals surface area (Å²) in [6, 6.07) is 96.4. The predicted molar refractivity (Wildman–Crippen MR) is 558 cm³/mol. The van der Waals surface area contributed by atoms with Crippen molar-refractivity contribution < 1.29 is 64.5 Å². The van der Waals surface area contributed by atoms with Crippen molar-refractivity contribution in [1.82, 2.24) is 0 Å². The molecule has 0 fully saturated rings. The first-order valence-corrected chi connectivity index (χ1v) is 46.9. The van der Waals surface area contributed by atoms with E-state index in [2.05, 4.69) is 0 Å². The van der Waals surface area contributed by atoms with Crippen LogP contribution in [-0.4, -0.2) is 71.0 Å². The summed E-state index contributed by atoms with van der Waals surface area (Å²) in [5.74, 6) is -3.38. The van der Waals surface area contributed by atoms with Gasteiger partial charge in [-0.1, -0.05) is 162 Å².